The van der Waals surface area contributed by atoms with E-state index in [9.17, 15) is 18.0 Å². The number of carbonyl (C=O) groups is 1. The summed E-state index contributed by atoms with van der Waals surface area (Å²) in [5.74, 6) is -0.410. The van der Waals surface area contributed by atoms with Crippen LogP contribution in [0.3, 0.4) is 0 Å². The zero-order valence-electron chi connectivity index (χ0n) is 13.0. The number of anilines is 1. The Morgan fingerprint density at radius 2 is 1.64 bits per heavy atom. The summed E-state index contributed by atoms with van der Waals surface area (Å²) in [5.41, 5.74) is 0.186. The average Bonchev–Trinajstić information content (AvgIpc) is 2.59. The Hall–Kier alpha value is -3.08. The fourth-order valence-electron chi connectivity index (χ4n) is 2.44. The van der Waals surface area contributed by atoms with Gasteiger partial charge in [0, 0.05) is 11.8 Å². The Labute approximate surface area is 142 Å². The second kappa shape index (κ2) is 6.81. The largest absolute Gasteiger partial charge is 0.416 e. The van der Waals surface area contributed by atoms with Crippen LogP contribution in [0.25, 0.3) is 16.8 Å². The summed E-state index contributed by atoms with van der Waals surface area (Å²) < 4.78 is 38.0. The smallest absolute Gasteiger partial charge is 0.322 e. The quantitative estimate of drug-likeness (QED) is 0.625. The first-order valence-corrected chi connectivity index (χ1v) is 7.57. The van der Waals surface area contributed by atoms with Crippen LogP contribution in [0, 0.1) is 0 Å². The van der Waals surface area contributed by atoms with Gasteiger partial charge in [-0.3, -0.25) is 4.79 Å². The number of carbonyl (C=O) groups excluding carboxylic acids is 1. The third-order valence-corrected chi connectivity index (χ3v) is 3.66. The third kappa shape index (κ3) is 4.26. The van der Waals surface area contributed by atoms with Crippen molar-refractivity contribution in [1.82, 2.24) is 0 Å². The molecular weight excluding hydrogens is 327 g/mol. The van der Waals surface area contributed by atoms with Crippen molar-refractivity contribution in [3.05, 3.63) is 83.9 Å². The highest BCUT2D eigenvalue weighted by atomic mass is 19.4. The summed E-state index contributed by atoms with van der Waals surface area (Å²) in [5, 5.41) is 4.74. The molecular formula is C20H14F3NO. The Morgan fingerprint density at radius 3 is 2.40 bits per heavy atom. The minimum Gasteiger partial charge on any atom is -0.322 e. The van der Waals surface area contributed by atoms with E-state index in [2.05, 4.69) is 5.32 Å². The van der Waals surface area contributed by atoms with Gasteiger partial charge in [0.05, 0.1) is 5.56 Å². The summed E-state index contributed by atoms with van der Waals surface area (Å²) in [6, 6.07) is 18.0. The fourth-order valence-corrected chi connectivity index (χ4v) is 2.44. The number of amides is 1. The minimum absolute atomic E-state index is 0.309. The molecule has 0 heterocycles. The van der Waals surface area contributed by atoms with Gasteiger partial charge in [0.15, 0.2) is 0 Å². The van der Waals surface area contributed by atoms with Crippen molar-refractivity contribution in [1.29, 1.82) is 0 Å². The van der Waals surface area contributed by atoms with Crippen molar-refractivity contribution in [2.24, 2.45) is 0 Å². The predicted octanol–water partition coefficient (Wildman–Crippen LogP) is 5.51. The molecule has 3 aromatic rings. The maximum absolute atomic E-state index is 12.7. The van der Waals surface area contributed by atoms with Gasteiger partial charge in [0.25, 0.3) is 0 Å². The molecule has 2 nitrogen and oxygen atoms in total. The van der Waals surface area contributed by atoms with E-state index >= 15 is 0 Å². The first-order chi connectivity index (χ1) is 11.9. The Balaban J connectivity index is 1.72. The molecule has 3 aromatic carbocycles. The molecule has 0 spiro atoms. The molecule has 126 valence electrons. The van der Waals surface area contributed by atoms with Gasteiger partial charge in [-0.2, -0.15) is 13.2 Å². The number of fused-ring (bicyclic) bond motifs is 1. The number of benzene rings is 3. The SMILES string of the molecule is O=C(C=Cc1cccc(C(F)(F)F)c1)Nc1ccc2ccccc2c1. The zero-order chi connectivity index (χ0) is 17.9. The average molecular weight is 341 g/mol. The predicted molar refractivity (Wildman–Crippen MR) is 93.1 cm³/mol. The van der Waals surface area contributed by atoms with Crippen molar-refractivity contribution in [2.75, 3.05) is 5.32 Å². The third-order valence-electron chi connectivity index (χ3n) is 3.66. The molecule has 0 atom stereocenters. The van der Waals surface area contributed by atoms with Gasteiger partial charge >= 0.3 is 6.18 Å². The monoisotopic (exact) mass is 341 g/mol. The van der Waals surface area contributed by atoms with Crippen molar-refractivity contribution in [3.63, 3.8) is 0 Å². The lowest BCUT2D eigenvalue weighted by atomic mass is 10.1. The van der Waals surface area contributed by atoms with Crippen molar-refractivity contribution >= 4 is 28.4 Å². The molecule has 0 bridgehead atoms. The highest BCUT2D eigenvalue weighted by Crippen LogP contribution is 2.29. The van der Waals surface area contributed by atoms with Crippen molar-refractivity contribution in [2.45, 2.75) is 6.18 Å². The Bertz CT molecular complexity index is 945. The summed E-state index contributed by atoms with van der Waals surface area (Å²) in [6.07, 6.45) is -1.84. The second-order valence-corrected chi connectivity index (χ2v) is 5.51. The van der Waals surface area contributed by atoms with Crippen LogP contribution < -0.4 is 5.32 Å². The first kappa shape index (κ1) is 16.8. The fraction of sp³-hybridized carbons (Fsp3) is 0.0500. The topological polar surface area (TPSA) is 29.1 Å². The number of halogens is 3. The highest BCUT2D eigenvalue weighted by molar-refractivity contribution is 6.03. The first-order valence-electron chi connectivity index (χ1n) is 7.57. The van der Waals surface area contributed by atoms with Gasteiger partial charge in [-0.05, 0) is 46.7 Å². The second-order valence-electron chi connectivity index (χ2n) is 5.51. The van der Waals surface area contributed by atoms with Crippen LogP contribution in [0.1, 0.15) is 11.1 Å². The normalized spacial score (nSPS) is 11.8. The van der Waals surface area contributed by atoms with E-state index < -0.39 is 17.6 Å². The summed E-state index contributed by atoms with van der Waals surface area (Å²) in [7, 11) is 0. The van der Waals surface area contributed by atoms with Crippen LogP contribution in [-0.4, -0.2) is 5.91 Å². The summed E-state index contributed by atoms with van der Waals surface area (Å²) in [6.45, 7) is 0. The maximum atomic E-state index is 12.7. The number of hydrogen-bond donors (Lipinski definition) is 1. The van der Waals surface area contributed by atoms with E-state index in [-0.39, 0.29) is 0 Å². The molecule has 0 radical (unpaired) electrons. The van der Waals surface area contributed by atoms with Gasteiger partial charge in [-0.15, -0.1) is 0 Å². The van der Waals surface area contributed by atoms with Crippen LogP contribution in [0.2, 0.25) is 0 Å². The standard InChI is InChI=1S/C20H14F3NO/c21-20(22,23)17-7-3-4-14(12-17)8-11-19(25)24-18-10-9-15-5-1-2-6-16(15)13-18/h1-13H,(H,24,25). The van der Waals surface area contributed by atoms with Crippen molar-refractivity contribution < 1.29 is 18.0 Å². The van der Waals surface area contributed by atoms with E-state index in [1.807, 2.05) is 36.4 Å². The van der Waals surface area contributed by atoms with Gasteiger partial charge < -0.3 is 5.32 Å². The number of nitrogens with one attached hydrogen (secondary N) is 1. The van der Waals surface area contributed by atoms with Crippen LogP contribution in [0.5, 0.6) is 0 Å². The van der Waals surface area contributed by atoms with E-state index in [0.29, 0.717) is 11.3 Å². The summed E-state index contributed by atoms with van der Waals surface area (Å²) in [4.78, 5) is 12.0. The number of rotatable bonds is 3. The van der Waals surface area contributed by atoms with E-state index in [1.165, 1.54) is 24.3 Å². The lowest BCUT2D eigenvalue weighted by Gasteiger charge is -2.07. The summed E-state index contributed by atoms with van der Waals surface area (Å²) >= 11 is 0. The van der Waals surface area contributed by atoms with E-state index in [1.54, 1.807) is 6.07 Å². The molecule has 25 heavy (non-hydrogen) atoms. The van der Waals surface area contributed by atoms with Gasteiger partial charge in [-0.1, -0.05) is 42.5 Å². The number of alkyl halides is 3. The van der Waals surface area contributed by atoms with Crippen LogP contribution >= 0.6 is 0 Å². The molecule has 0 saturated carbocycles. The molecule has 0 aliphatic carbocycles. The molecule has 0 aromatic heterocycles. The minimum atomic E-state index is -4.41. The van der Waals surface area contributed by atoms with Crippen LogP contribution in [-0.2, 0) is 11.0 Å². The zero-order valence-corrected chi connectivity index (χ0v) is 13.0. The van der Waals surface area contributed by atoms with Crippen LogP contribution in [0.4, 0.5) is 18.9 Å². The lowest BCUT2D eigenvalue weighted by Crippen LogP contribution is -2.07. The molecule has 5 heteroatoms. The number of hydrogen-bond acceptors (Lipinski definition) is 1. The Kier molecular flexibility index (Phi) is 4.57. The van der Waals surface area contributed by atoms with Crippen LogP contribution in [0.15, 0.2) is 72.8 Å². The van der Waals surface area contributed by atoms with Gasteiger partial charge in [0.1, 0.15) is 0 Å². The lowest BCUT2D eigenvalue weighted by molar-refractivity contribution is -0.137. The van der Waals surface area contributed by atoms with Gasteiger partial charge in [-0.25, -0.2) is 0 Å². The van der Waals surface area contributed by atoms with E-state index in [4.69, 9.17) is 0 Å². The highest BCUT2D eigenvalue weighted by Gasteiger charge is 2.30. The molecule has 0 fully saturated rings. The maximum Gasteiger partial charge on any atom is 0.416 e. The van der Waals surface area contributed by atoms with Gasteiger partial charge in [0.2, 0.25) is 5.91 Å². The molecule has 3 rings (SSSR count). The molecule has 0 aliphatic heterocycles. The molecule has 0 saturated heterocycles. The van der Waals surface area contributed by atoms with E-state index in [0.717, 1.165) is 22.9 Å². The molecule has 1 amide bonds. The Morgan fingerprint density at radius 1 is 0.880 bits per heavy atom. The molecule has 0 aliphatic rings. The molecule has 1 N–H and O–H groups in total. The molecule has 0 unspecified atom stereocenters. The van der Waals surface area contributed by atoms with Crippen molar-refractivity contribution in [3.8, 4) is 0 Å².